The lowest BCUT2D eigenvalue weighted by Crippen LogP contribution is -2.32. The largest absolute Gasteiger partial charge is 0.326 e. The molecule has 1 aromatic carbocycles. The Labute approximate surface area is 169 Å². The van der Waals surface area contributed by atoms with Gasteiger partial charge in [0.15, 0.2) is 0 Å². The van der Waals surface area contributed by atoms with Crippen LogP contribution >= 0.6 is 24.0 Å². The maximum atomic E-state index is 12.1. The summed E-state index contributed by atoms with van der Waals surface area (Å²) in [5.74, 6) is -0.0587. The van der Waals surface area contributed by atoms with Gasteiger partial charge in [-0.2, -0.15) is 0 Å². The summed E-state index contributed by atoms with van der Waals surface area (Å²) in [5.41, 5.74) is 1.39. The molecular weight excluding hydrogens is 382 g/mol. The molecule has 2 rings (SSSR count). The molecule has 1 atom stereocenters. The van der Waals surface area contributed by atoms with Gasteiger partial charge < -0.3 is 10.6 Å². The molecule has 0 bridgehead atoms. The minimum atomic E-state index is -0.132. The predicted molar refractivity (Wildman–Crippen MR) is 114 cm³/mol. The zero-order valence-electron chi connectivity index (χ0n) is 15.6. The highest BCUT2D eigenvalue weighted by atomic mass is 32.2. The number of thioether (sulfide) groups is 1. The fourth-order valence-corrected chi connectivity index (χ4v) is 4.23. The van der Waals surface area contributed by atoms with E-state index in [1.807, 2.05) is 6.92 Å². The average Bonchev–Trinajstić information content (AvgIpc) is 2.90. The molecule has 2 N–H and O–H groups in total. The van der Waals surface area contributed by atoms with Crippen LogP contribution in [0.15, 0.2) is 24.3 Å². The number of nitrogens with one attached hydrogen (secondary N) is 2. The van der Waals surface area contributed by atoms with Crippen molar-refractivity contribution >= 4 is 57.4 Å². The van der Waals surface area contributed by atoms with E-state index in [0.29, 0.717) is 28.7 Å². The van der Waals surface area contributed by atoms with Crippen molar-refractivity contribution in [2.24, 2.45) is 0 Å². The van der Waals surface area contributed by atoms with E-state index in [1.54, 1.807) is 29.2 Å². The Bertz CT molecular complexity index is 707. The number of carbonyl (C=O) groups excluding carboxylic acids is 3. The number of anilines is 2. The van der Waals surface area contributed by atoms with Crippen LogP contribution in [0.25, 0.3) is 0 Å². The Morgan fingerprint density at radius 2 is 1.74 bits per heavy atom. The molecule has 3 amide bonds. The first-order valence-corrected chi connectivity index (χ1v) is 10.4. The molecule has 0 spiro atoms. The zero-order valence-corrected chi connectivity index (χ0v) is 17.3. The summed E-state index contributed by atoms with van der Waals surface area (Å²) in [6.45, 7) is 4.07. The third-order valence-corrected chi connectivity index (χ3v) is 5.90. The number of rotatable bonds is 9. The Morgan fingerprint density at radius 1 is 1.11 bits per heavy atom. The molecule has 0 radical (unpaired) electrons. The van der Waals surface area contributed by atoms with E-state index in [-0.39, 0.29) is 23.0 Å². The lowest BCUT2D eigenvalue weighted by molar-refractivity contribution is -0.126. The number of nitrogens with zero attached hydrogens (tertiary/aromatic N) is 1. The third-order valence-electron chi connectivity index (χ3n) is 4.15. The number of carbonyl (C=O) groups is 3. The third kappa shape index (κ3) is 6.62. The summed E-state index contributed by atoms with van der Waals surface area (Å²) < 4.78 is 0.673. The number of amides is 3. The van der Waals surface area contributed by atoms with E-state index < -0.39 is 0 Å². The molecule has 0 aromatic heterocycles. The first kappa shape index (κ1) is 21.4. The van der Waals surface area contributed by atoms with Gasteiger partial charge in [0.1, 0.15) is 4.32 Å². The first-order chi connectivity index (χ1) is 12.9. The summed E-state index contributed by atoms with van der Waals surface area (Å²) in [5, 5.41) is 5.49. The number of thiocarbonyl (C=S) groups is 1. The van der Waals surface area contributed by atoms with Crippen molar-refractivity contribution in [3.8, 4) is 0 Å². The van der Waals surface area contributed by atoms with Gasteiger partial charge >= 0.3 is 0 Å². The van der Waals surface area contributed by atoms with Crippen LogP contribution < -0.4 is 10.6 Å². The summed E-state index contributed by atoms with van der Waals surface area (Å²) in [6.07, 6.45) is 3.68. The molecule has 1 saturated heterocycles. The second-order valence-corrected chi connectivity index (χ2v) is 8.22. The fraction of sp³-hybridized carbons (Fsp3) is 0.474. The van der Waals surface area contributed by atoms with Crippen molar-refractivity contribution in [1.82, 2.24) is 4.90 Å². The predicted octanol–water partition coefficient (Wildman–Crippen LogP) is 3.78. The highest BCUT2D eigenvalue weighted by molar-refractivity contribution is 8.24. The van der Waals surface area contributed by atoms with Crippen molar-refractivity contribution in [2.45, 2.75) is 51.2 Å². The lowest BCUT2D eigenvalue weighted by atomic mass is 10.1. The van der Waals surface area contributed by atoms with Crippen LogP contribution in [0.3, 0.4) is 0 Å². The molecule has 1 aliphatic rings. The first-order valence-electron chi connectivity index (χ1n) is 9.10. The Balaban J connectivity index is 1.64. The Kier molecular flexibility index (Phi) is 8.24. The SMILES string of the molecule is CCC1SC(=S)N(CCCCCC(=O)Nc2ccc(NC(C)=O)cc2)C1=O. The monoisotopic (exact) mass is 407 g/mol. The molecule has 1 fully saturated rings. The Morgan fingerprint density at radius 3 is 2.30 bits per heavy atom. The van der Waals surface area contributed by atoms with Crippen LogP contribution in [0.2, 0.25) is 0 Å². The Hall–Kier alpha value is -1.93. The minimum absolute atomic E-state index is 0.0275. The second-order valence-electron chi connectivity index (χ2n) is 6.39. The average molecular weight is 408 g/mol. The number of unbranched alkanes of at least 4 members (excludes halogenated alkanes) is 2. The molecule has 8 heteroatoms. The summed E-state index contributed by atoms with van der Waals surface area (Å²) in [7, 11) is 0. The van der Waals surface area contributed by atoms with Crippen LogP contribution in [0.1, 0.15) is 46.0 Å². The molecule has 0 aliphatic carbocycles. The fourth-order valence-electron chi connectivity index (χ4n) is 2.75. The zero-order chi connectivity index (χ0) is 19.8. The lowest BCUT2D eigenvalue weighted by Gasteiger charge is -2.15. The van der Waals surface area contributed by atoms with Crippen molar-refractivity contribution in [3.63, 3.8) is 0 Å². The van der Waals surface area contributed by atoms with Gasteiger partial charge in [0.05, 0.1) is 5.25 Å². The molecule has 1 aliphatic heterocycles. The standard InChI is InChI=1S/C19H25N3O3S2/c1-3-16-18(25)22(19(26)27-16)12-6-4-5-7-17(24)21-15-10-8-14(9-11-15)20-13(2)23/h8-11,16H,3-7,12H2,1-2H3,(H,20,23)(H,21,24). The van der Waals surface area contributed by atoms with E-state index in [4.69, 9.17) is 12.2 Å². The molecule has 1 aromatic rings. The van der Waals surface area contributed by atoms with Crippen LogP contribution in [0, 0.1) is 0 Å². The number of benzene rings is 1. The van der Waals surface area contributed by atoms with Crippen molar-refractivity contribution in [3.05, 3.63) is 24.3 Å². The summed E-state index contributed by atoms with van der Waals surface area (Å²) in [6, 6.07) is 7.00. The number of hydrogen-bond acceptors (Lipinski definition) is 5. The molecule has 27 heavy (non-hydrogen) atoms. The summed E-state index contributed by atoms with van der Waals surface area (Å²) >= 11 is 6.74. The second kappa shape index (κ2) is 10.4. The van der Waals surface area contributed by atoms with Crippen LogP contribution in [-0.2, 0) is 14.4 Å². The highest BCUT2D eigenvalue weighted by Gasteiger charge is 2.34. The maximum Gasteiger partial charge on any atom is 0.241 e. The van der Waals surface area contributed by atoms with Gasteiger partial charge in [0.2, 0.25) is 17.7 Å². The summed E-state index contributed by atoms with van der Waals surface area (Å²) in [4.78, 5) is 36.8. The molecule has 0 saturated carbocycles. The molecule has 1 unspecified atom stereocenters. The molecular formula is C19H25N3O3S2. The number of hydrogen-bond donors (Lipinski definition) is 2. The normalized spacial score (nSPS) is 16.5. The van der Waals surface area contributed by atoms with Crippen molar-refractivity contribution < 1.29 is 14.4 Å². The molecule has 6 nitrogen and oxygen atoms in total. The van der Waals surface area contributed by atoms with Gasteiger partial charge in [-0.05, 0) is 43.5 Å². The maximum absolute atomic E-state index is 12.1. The van der Waals surface area contributed by atoms with Crippen LogP contribution in [0.4, 0.5) is 11.4 Å². The topological polar surface area (TPSA) is 78.5 Å². The van der Waals surface area contributed by atoms with Crippen LogP contribution in [-0.4, -0.2) is 38.7 Å². The molecule has 146 valence electrons. The smallest absolute Gasteiger partial charge is 0.241 e. The highest BCUT2D eigenvalue weighted by Crippen LogP contribution is 2.29. The van der Waals surface area contributed by atoms with Gasteiger partial charge in [-0.1, -0.05) is 37.3 Å². The van der Waals surface area contributed by atoms with Gasteiger partial charge in [-0.15, -0.1) is 0 Å². The van der Waals surface area contributed by atoms with Gasteiger partial charge in [-0.3, -0.25) is 19.3 Å². The quantitative estimate of drug-likeness (QED) is 0.481. The van der Waals surface area contributed by atoms with Crippen molar-refractivity contribution in [1.29, 1.82) is 0 Å². The van der Waals surface area contributed by atoms with E-state index in [2.05, 4.69) is 10.6 Å². The van der Waals surface area contributed by atoms with E-state index in [9.17, 15) is 14.4 Å². The van der Waals surface area contributed by atoms with Crippen LogP contribution in [0.5, 0.6) is 0 Å². The molecule has 1 heterocycles. The van der Waals surface area contributed by atoms with Gasteiger partial charge in [-0.25, -0.2) is 0 Å². The van der Waals surface area contributed by atoms with E-state index in [0.717, 1.165) is 25.7 Å². The van der Waals surface area contributed by atoms with Crippen molar-refractivity contribution in [2.75, 3.05) is 17.2 Å². The van der Waals surface area contributed by atoms with Gasteiger partial charge in [0, 0.05) is 31.3 Å². The van der Waals surface area contributed by atoms with E-state index in [1.165, 1.54) is 18.7 Å². The minimum Gasteiger partial charge on any atom is -0.326 e. The van der Waals surface area contributed by atoms with E-state index >= 15 is 0 Å². The van der Waals surface area contributed by atoms with Gasteiger partial charge in [0.25, 0.3) is 0 Å².